The lowest BCUT2D eigenvalue weighted by Gasteiger charge is -2.16. The number of benzene rings is 1. The van der Waals surface area contributed by atoms with Gasteiger partial charge in [-0.25, -0.2) is 0 Å². The first-order valence-electron chi connectivity index (χ1n) is 6.02. The normalized spacial score (nSPS) is 12.1. The van der Waals surface area contributed by atoms with E-state index >= 15 is 0 Å². The molecular weight excluding hydrogens is 224 g/mol. The minimum atomic E-state index is -0.470. The second-order valence-corrected chi connectivity index (χ2v) is 4.15. The summed E-state index contributed by atoms with van der Waals surface area (Å²) < 4.78 is 0. The van der Waals surface area contributed by atoms with E-state index in [0.29, 0.717) is 0 Å². The minimum Gasteiger partial charge on any atom is -0.369 e. The average Bonchev–Trinajstić information content (AvgIpc) is 2.40. The van der Waals surface area contributed by atoms with Crippen LogP contribution in [-0.2, 0) is 11.2 Å². The quantitative estimate of drug-likeness (QED) is 0.891. The summed E-state index contributed by atoms with van der Waals surface area (Å²) in [6.45, 7) is 2.05. The van der Waals surface area contributed by atoms with Crippen LogP contribution in [-0.4, -0.2) is 10.9 Å². The highest BCUT2D eigenvalue weighted by atomic mass is 16.1. The van der Waals surface area contributed by atoms with Gasteiger partial charge in [-0.2, -0.15) is 0 Å². The largest absolute Gasteiger partial charge is 0.369 e. The summed E-state index contributed by atoms with van der Waals surface area (Å²) in [4.78, 5) is 16.1. The van der Waals surface area contributed by atoms with E-state index in [1.54, 1.807) is 6.20 Å². The van der Waals surface area contributed by atoms with Crippen molar-refractivity contribution in [1.29, 1.82) is 0 Å². The first-order chi connectivity index (χ1) is 8.74. The Balaban J connectivity index is 2.52. The Kier molecular flexibility index (Phi) is 3.72. The van der Waals surface area contributed by atoms with Gasteiger partial charge in [-0.05, 0) is 23.6 Å². The molecule has 2 aromatic rings. The first-order valence-corrected chi connectivity index (χ1v) is 6.02. The SMILES string of the molecule is CCc1cccnc1C(C(N)=O)c1ccccc1. The number of carbonyl (C=O) groups is 1. The molecule has 1 aromatic heterocycles. The van der Waals surface area contributed by atoms with E-state index in [0.717, 1.165) is 23.2 Å². The summed E-state index contributed by atoms with van der Waals surface area (Å²) in [6, 6.07) is 13.4. The number of hydrogen-bond acceptors (Lipinski definition) is 2. The number of nitrogens with zero attached hydrogens (tertiary/aromatic N) is 1. The molecule has 0 fully saturated rings. The van der Waals surface area contributed by atoms with E-state index in [1.165, 1.54) is 0 Å². The Hall–Kier alpha value is -2.16. The minimum absolute atomic E-state index is 0.366. The number of carbonyl (C=O) groups excluding carboxylic acids is 1. The van der Waals surface area contributed by atoms with E-state index in [9.17, 15) is 4.79 Å². The summed E-state index contributed by atoms with van der Waals surface area (Å²) in [5.41, 5.74) is 8.26. The fourth-order valence-electron chi connectivity index (χ4n) is 2.11. The molecule has 1 unspecified atom stereocenters. The Morgan fingerprint density at radius 1 is 1.22 bits per heavy atom. The van der Waals surface area contributed by atoms with E-state index < -0.39 is 5.92 Å². The molecule has 0 aliphatic carbocycles. The van der Waals surface area contributed by atoms with Gasteiger partial charge in [-0.3, -0.25) is 9.78 Å². The zero-order chi connectivity index (χ0) is 13.0. The summed E-state index contributed by atoms with van der Waals surface area (Å²) in [5, 5.41) is 0. The predicted molar refractivity (Wildman–Crippen MR) is 71.1 cm³/mol. The van der Waals surface area contributed by atoms with Crippen molar-refractivity contribution in [1.82, 2.24) is 4.98 Å². The molecule has 1 heterocycles. The third kappa shape index (κ3) is 2.40. The Morgan fingerprint density at radius 2 is 1.94 bits per heavy atom. The van der Waals surface area contributed by atoms with Crippen LogP contribution in [0.2, 0.25) is 0 Å². The standard InChI is InChI=1S/C15H16N2O/c1-2-11-9-6-10-17-14(11)13(15(16)18)12-7-4-3-5-8-12/h3-10,13H,2H2,1H3,(H2,16,18). The molecule has 0 saturated carbocycles. The highest BCUT2D eigenvalue weighted by Gasteiger charge is 2.23. The van der Waals surface area contributed by atoms with Crippen LogP contribution >= 0.6 is 0 Å². The third-order valence-electron chi connectivity index (χ3n) is 3.00. The van der Waals surface area contributed by atoms with Crippen LogP contribution in [0.4, 0.5) is 0 Å². The third-order valence-corrected chi connectivity index (χ3v) is 3.00. The fourth-order valence-corrected chi connectivity index (χ4v) is 2.11. The average molecular weight is 240 g/mol. The Bertz CT molecular complexity index is 537. The van der Waals surface area contributed by atoms with Gasteiger partial charge in [-0.15, -0.1) is 0 Å². The molecule has 1 atom stereocenters. The number of rotatable bonds is 4. The summed E-state index contributed by atoms with van der Waals surface area (Å²) in [6.07, 6.45) is 2.53. The van der Waals surface area contributed by atoms with Gasteiger partial charge in [0, 0.05) is 6.20 Å². The van der Waals surface area contributed by atoms with E-state index in [4.69, 9.17) is 5.73 Å². The van der Waals surface area contributed by atoms with Crippen LogP contribution in [0, 0.1) is 0 Å². The van der Waals surface area contributed by atoms with Gasteiger partial charge in [0.05, 0.1) is 5.69 Å². The summed E-state index contributed by atoms with van der Waals surface area (Å²) in [5.74, 6) is -0.836. The van der Waals surface area contributed by atoms with Gasteiger partial charge in [0.25, 0.3) is 0 Å². The zero-order valence-corrected chi connectivity index (χ0v) is 10.3. The van der Waals surface area contributed by atoms with E-state index in [2.05, 4.69) is 4.98 Å². The monoisotopic (exact) mass is 240 g/mol. The van der Waals surface area contributed by atoms with Crippen LogP contribution in [0.5, 0.6) is 0 Å². The van der Waals surface area contributed by atoms with Crippen LogP contribution in [0.15, 0.2) is 48.7 Å². The van der Waals surface area contributed by atoms with Crippen molar-refractivity contribution in [3.63, 3.8) is 0 Å². The topological polar surface area (TPSA) is 56.0 Å². The molecule has 1 amide bonds. The summed E-state index contributed by atoms with van der Waals surface area (Å²) >= 11 is 0. The lowest BCUT2D eigenvalue weighted by Crippen LogP contribution is -2.24. The molecule has 3 nitrogen and oxygen atoms in total. The molecule has 1 aromatic carbocycles. The van der Waals surface area contributed by atoms with Crippen molar-refractivity contribution in [2.24, 2.45) is 5.73 Å². The molecule has 0 aliphatic heterocycles. The van der Waals surface area contributed by atoms with Crippen molar-refractivity contribution in [2.45, 2.75) is 19.3 Å². The molecule has 3 heteroatoms. The zero-order valence-electron chi connectivity index (χ0n) is 10.3. The number of amides is 1. The van der Waals surface area contributed by atoms with Gasteiger partial charge in [0.2, 0.25) is 5.91 Å². The Labute approximate surface area is 107 Å². The fraction of sp³-hybridized carbons (Fsp3) is 0.200. The Morgan fingerprint density at radius 3 is 2.56 bits per heavy atom. The van der Waals surface area contributed by atoms with Crippen molar-refractivity contribution in [3.05, 3.63) is 65.5 Å². The predicted octanol–water partition coefficient (Wildman–Crippen LogP) is 2.26. The molecule has 0 aliphatic rings. The molecule has 0 radical (unpaired) electrons. The van der Waals surface area contributed by atoms with E-state index in [1.807, 2.05) is 49.4 Å². The molecule has 0 spiro atoms. The molecule has 18 heavy (non-hydrogen) atoms. The van der Waals surface area contributed by atoms with Gasteiger partial charge in [0.15, 0.2) is 0 Å². The van der Waals surface area contributed by atoms with Gasteiger partial charge in [-0.1, -0.05) is 43.3 Å². The molecule has 92 valence electrons. The first kappa shape index (κ1) is 12.3. The second kappa shape index (κ2) is 5.45. The second-order valence-electron chi connectivity index (χ2n) is 4.15. The number of aryl methyl sites for hydroxylation is 1. The lowest BCUT2D eigenvalue weighted by atomic mass is 9.91. The maximum atomic E-state index is 11.8. The van der Waals surface area contributed by atoms with Crippen LogP contribution in [0.25, 0.3) is 0 Å². The maximum absolute atomic E-state index is 11.8. The molecular formula is C15H16N2O. The lowest BCUT2D eigenvalue weighted by molar-refractivity contribution is -0.118. The number of aromatic nitrogens is 1. The van der Waals surface area contributed by atoms with Crippen LogP contribution < -0.4 is 5.73 Å². The van der Waals surface area contributed by atoms with Crippen molar-refractivity contribution in [2.75, 3.05) is 0 Å². The number of pyridine rings is 1. The van der Waals surface area contributed by atoms with Crippen molar-refractivity contribution in [3.8, 4) is 0 Å². The van der Waals surface area contributed by atoms with Gasteiger partial charge >= 0.3 is 0 Å². The molecule has 2 N–H and O–H groups in total. The highest BCUT2D eigenvalue weighted by molar-refractivity contribution is 5.85. The van der Waals surface area contributed by atoms with Crippen LogP contribution in [0.3, 0.4) is 0 Å². The number of nitrogens with two attached hydrogens (primary N) is 1. The maximum Gasteiger partial charge on any atom is 0.231 e. The molecule has 0 bridgehead atoms. The molecule has 2 rings (SSSR count). The van der Waals surface area contributed by atoms with Crippen LogP contribution in [0.1, 0.15) is 29.7 Å². The van der Waals surface area contributed by atoms with Gasteiger partial charge < -0.3 is 5.73 Å². The van der Waals surface area contributed by atoms with E-state index in [-0.39, 0.29) is 5.91 Å². The van der Waals surface area contributed by atoms with Gasteiger partial charge in [0.1, 0.15) is 5.92 Å². The smallest absolute Gasteiger partial charge is 0.231 e. The highest BCUT2D eigenvalue weighted by Crippen LogP contribution is 2.25. The number of primary amides is 1. The van der Waals surface area contributed by atoms with Crippen molar-refractivity contribution < 1.29 is 4.79 Å². The van der Waals surface area contributed by atoms with Crippen molar-refractivity contribution >= 4 is 5.91 Å². The summed E-state index contributed by atoms with van der Waals surface area (Å²) in [7, 11) is 0. The molecule has 0 saturated heterocycles. The number of hydrogen-bond donors (Lipinski definition) is 1.